The Kier molecular flexibility index (Phi) is 8.92. The van der Waals surface area contributed by atoms with E-state index in [0.717, 1.165) is 7.11 Å². The maximum absolute atomic E-state index is 12.2. The number of hydrogen-bond acceptors (Lipinski definition) is 10. The molecule has 32 heavy (non-hydrogen) atoms. The van der Waals surface area contributed by atoms with E-state index in [-0.39, 0.29) is 36.5 Å². The van der Waals surface area contributed by atoms with Gasteiger partial charge in [0, 0.05) is 24.8 Å². The number of aliphatic hydroxyl groups is 1. The predicted octanol–water partition coefficient (Wildman–Crippen LogP) is -0.208. The molecule has 12 nitrogen and oxygen atoms in total. The first kappa shape index (κ1) is 24.1. The number of aromatic nitrogens is 4. The fraction of sp³-hybridized carbons (Fsp3) is 0.250. The lowest BCUT2D eigenvalue weighted by Crippen LogP contribution is -2.36. The minimum absolute atomic E-state index is 0.0278. The van der Waals surface area contributed by atoms with Crippen molar-refractivity contribution in [1.29, 1.82) is 0 Å². The predicted molar refractivity (Wildman–Crippen MR) is 117 cm³/mol. The number of nitrogens with one attached hydrogen (secondary N) is 3. The van der Waals surface area contributed by atoms with Gasteiger partial charge in [0.2, 0.25) is 5.95 Å². The van der Waals surface area contributed by atoms with E-state index < -0.39 is 17.5 Å². The number of nitrogens with zero attached hydrogens (tertiary/aromatic N) is 3. The molecule has 0 saturated heterocycles. The Morgan fingerprint density at radius 2 is 1.94 bits per heavy atom. The normalized spacial score (nSPS) is 11.1. The zero-order chi connectivity index (χ0) is 23.5. The zero-order valence-corrected chi connectivity index (χ0v) is 17.2. The van der Waals surface area contributed by atoms with Crippen LogP contribution in [0.15, 0.2) is 35.3 Å². The number of amides is 1. The van der Waals surface area contributed by atoms with Crippen LogP contribution >= 0.6 is 0 Å². The van der Waals surface area contributed by atoms with E-state index >= 15 is 0 Å². The van der Waals surface area contributed by atoms with Gasteiger partial charge in [-0.15, -0.1) is 0 Å². The average molecular weight is 441 g/mol. The number of aldehydes is 2. The zero-order valence-electron chi connectivity index (χ0n) is 17.2. The van der Waals surface area contributed by atoms with Crippen LogP contribution in [0.3, 0.4) is 0 Å². The molecule has 0 radical (unpaired) electrons. The number of fused-ring (bicyclic) bond motifs is 1. The summed E-state index contributed by atoms with van der Waals surface area (Å²) in [6.07, 6.45) is 3.25. The second-order valence-electron chi connectivity index (χ2n) is 6.38. The number of aromatic amines is 1. The van der Waals surface area contributed by atoms with Crippen LogP contribution in [0.1, 0.15) is 28.9 Å². The first-order valence-electron chi connectivity index (χ1n) is 9.50. The number of rotatable bonds is 9. The summed E-state index contributed by atoms with van der Waals surface area (Å²) in [4.78, 5) is 60.1. The quantitative estimate of drug-likeness (QED) is 0.277. The van der Waals surface area contributed by atoms with Gasteiger partial charge in [0.15, 0.2) is 11.2 Å². The molecule has 0 saturated carbocycles. The van der Waals surface area contributed by atoms with Gasteiger partial charge in [-0.3, -0.25) is 14.6 Å². The Bertz CT molecular complexity index is 1130. The van der Waals surface area contributed by atoms with Gasteiger partial charge in [0.05, 0.1) is 24.5 Å². The lowest BCUT2D eigenvalue weighted by atomic mass is 10.1. The maximum atomic E-state index is 12.2. The van der Waals surface area contributed by atoms with Gasteiger partial charge in [-0.05, 0) is 30.7 Å². The second kappa shape index (κ2) is 11.9. The Labute approximate surface area is 182 Å². The molecular weight excluding hydrogens is 418 g/mol. The highest BCUT2D eigenvalue weighted by Gasteiger charge is 2.13. The highest BCUT2D eigenvalue weighted by Crippen LogP contribution is 2.12. The topological polar surface area (TPSA) is 193 Å². The molecule has 0 aliphatic rings. The van der Waals surface area contributed by atoms with Gasteiger partial charge in [-0.1, -0.05) is 0 Å². The number of hydrogen-bond donors (Lipinski definition) is 5. The lowest BCUT2D eigenvalue weighted by molar-refractivity contribution is -0.110. The summed E-state index contributed by atoms with van der Waals surface area (Å²) in [5.74, 6) is -0.434. The molecule has 0 bridgehead atoms. The highest BCUT2D eigenvalue weighted by atomic mass is 16.2. The molecule has 1 atom stereocenters. The molecule has 1 unspecified atom stereocenters. The van der Waals surface area contributed by atoms with Crippen molar-refractivity contribution in [3.05, 3.63) is 52.1 Å². The number of nitrogens with two attached hydrogens (primary N) is 1. The molecule has 12 heteroatoms. The Morgan fingerprint density at radius 1 is 1.22 bits per heavy atom. The van der Waals surface area contributed by atoms with Crippen molar-refractivity contribution in [2.75, 3.05) is 18.2 Å². The Hall–Kier alpha value is -4.19. The van der Waals surface area contributed by atoms with Gasteiger partial charge < -0.3 is 31.1 Å². The maximum Gasteiger partial charge on any atom is 0.280 e. The first-order valence-corrected chi connectivity index (χ1v) is 9.50. The summed E-state index contributed by atoms with van der Waals surface area (Å²) >= 11 is 0. The summed E-state index contributed by atoms with van der Waals surface area (Å²) in [5.41, 5.74) is 6.87. The van der Waals surface area contributed by atoms with Crippen LogP contribution in [0.25, 0.3) is 11.2 Å². The molecule has 0 fully saturated rings. The minimum atomic E-state index is -0.708. The van der Waals surface area contributed by atoms with E-state index in [4.69, 9.17) is 10.8 Å². The van der Waals surface area contributed by atoms with Crippen LogP contribution in [-0.2, 0) is 16.1 Å². The van der Waals surface area contributed by atoms with Gasteiger partial charge in [-0.25, -0.2) is 9.97 Å². The number of carbonyl (C=O) groups is 3. The molecule has 3 aromatic rings. The molecule has 0 spiro atoms. The number of nitrogen functional groups attached to an aromatic ring is 1. The van der Waals surface area contributed by atoms with E-state index in [1.54, 1.807) is 24.3 Å². The van der Waals surface area contributed by atoms with Crippen molar-refractivity contribution in [1.82, 2.24) is 25.3 Å². The van der Waals surface area contributed by atoms with E-state index in [2.05, 4.69) is 30.6 Å². The molecule has 3 rings (SSSR count). The molecule has 0 aliphatic heterocycles. The van der Waals surface area contributed by atoms with Crippen LogP contribution in [0.5, 0.6) is 0 Å². The standard InChI is InChI=1S/C19H19N7O4.CH4O/c20-19-25-16-15(18(30)26-19)23-14(9-22-16)8-21-12-5-3-11(4-6-12)17(29)24-13(10-28)2-1-7-27;1-2/h3-7,9-10,13,21H,1-2,8H2,(H,24,29)(H3,20,22,25,26,30);2H,1H3. The third-order valence-corrected chi connectivity index (χ3v) is 4.18. The number of carbonyl (C=O) groups excluding carboxylic acids is 3. The van der Waals surface area contributed by atoms with Crippen molar-refractivity contribution >= 4 is 41.3 Å². The summed E-state index contributed by atoms with van der Waals surface area (Å²) < 4.78 is 0. The molecule has 2 aromatic heterocycles. The van der Waals surface area contributed by atoms with Crippen LogP contribution in [0, 0.1) is 0 Å². The molecule has 168 valence electrons. The Balaban J connectivity index is 0.00000176. The van der Waals surface area contributed by atoms with Crippen LogP contribution in [-0.4, -0.2) is 56.7 Å². The van der Waals surface area contributed by atoms with Crippen molar-refractivity contribution in [3.8, 4) is 0 Å². The number of H-pyrrole nitrogens is 1. The van der Waals surface area contributed by atoms with E-state index in [0.29, 0.717) is 29.5 Å². The van der Waals surface area contributed by atoms with Gasteiger partial charge >= 0.3 is 0 Å². The molecule has 6 N–H and O–H groups in total. The van der Waals surface area contributed by atoms with Crippen LogP contribution in [0.2, 0.25) is 0 Å². The van der Waals surface area contributed by atoms with Crippen LogP contribution in [0.4, 0.5) is 11.6 Å². The van der Waals surface area contributed by atoms with Crippen molar-refractivity contribution < 1.29 is 19.5 Å². The second-order valence-corrected chi connectivity index (χ2v) is 6.38. The summed E-state index contributed by atoms with van der Waals surface area (Å²) in [5, 5.41) is 12.7. The molecular formula is C20H23N7O5. The molecule has 1 amide bonds. The SMILES string of the molecule is CO.Nc1nc2ncc(CNc3ccc(C(=O)NC(C=O)CCC=O)cc3)nc2c(=O)[nH]1. The average Bonchev–Trinajstić information content (AvgIpc) is 2.82. The fourth-order valence-electron chi connectivity index (χ4n) is 2.66. The van der Waals surface area contributed by atoms with Crippen molar-refractivity contribution in [2.24, 2.45) is 0 Å². The van der Waals surface area contributed by atoms with Crippen molar-refractivity contribution in [3.63, 3.8) is 0 Å². The molecule has 0 aliphatic carbocycles. The first-order chi connectivity index (χ1) is 15.5. The fourth-order valence-corrected chi connectivity index (χ4v) is 2.66. The number of benzene rings is 1. The van der Waals surface area contributed by atoms with Gasteiger partial charge in [0.25, 0.3) is 11.5 Å². The third kappa shape index (κ3) is 6.40. The van der Waals surface area contributed by atoms with E-state index in [9.17, 15) is 19.2 Å². The van der Waals surface area contributed by atoms with E-state index in [1.165, 1.54) is 6.20 Å². The third-order valence-electron chi connectivity index (χ3n) is 4.18. The highest BCUT2D eigenvalue weighted by molar-refractivity contribution is 5.96. The summed E-state index contributed by atoms with van der Waals surface area (Å²) in [7, 11) is 1.00. The lowest BCUT2D eigenvalue weighted by Gasteiger charge is -2.12. The van der Waals surface area contributed by atoms with Gasteiger partial charge in [-0.2, -0.15) is 4.98 Å². The van der Waals surface area contributed by atoms with E-state index in [1.807, 2.05) is 0 Å². The summed E-state index contributed by atoms with van der Waals surface area (Å²) in [6.45, 7) is 0.289. The van der Waals surface area contributed by atoms with Crippen LogP contribution < -0.4 is 21.9 Å². The summed E-state index contributed by atoms with van der Waals surface area (Å²) in [6, 6.07) is 5.88. The number of aliphatic hydroxyl groups excluding tert-OH is 1. The van der Waals surface area contributed by atoms with Gasteiger partial charge in [0.1, 0.15) is 12.6 Å². The Morgan fingerprint density at radius 3 is 2.59 bits per heavy atom. The largest absolute Gasteiger partial charge is 0.400 e. The number of anilines is 2. The molecule has 1 aromatic carbocycles. The monoisotopic (exact) mass is 441 g/mol. The van der Waals surface area contributed by atoms with Crippen molar-refractivity contribution in [2.45, 2.75) is 25.4 Å². The molecule has 2 heterocycles. The minimum Gasteiger partial charge on any atom is -0.400 e. The smallest absolute Gasteiger partial charge is 0.280 e.